The lowest BCUT2D eigenvalue weighted by Crippen LogP contribution is -2.33. The van der Waals surface area contributed by atoms with Crippen LogP contribution in [-0.4, -0.2) is 41.5 Å². The van der Waals surface area contributed by atoms with Crippen LogP contribution in [0.15, 0.2) is 18.3 Å². The van der Waals surface area contributed by atoms with Crippen molar-refractivity contribution < 1.29 is 4.79 Å². The number of hydrogen-bond donors (Lipinski definition) is 2. The highest BCUT2D eigenvalue weighted by atomic mass is 16.1. The van der Waals surface area contributed by atoms with Gasteiger partial charge in [-0.25, -0.2) is 4.98 Å². The maximum atomic E-state index is 12.0. The Balaban J connectivity index is 1.84. The zero-order valence-corrected chi connectivity index (χ0v) is 11.6. The smallest absolute Gasteiger partial charge is 0.255 e. The summed E-state index contributed by atoms with van der Waals surface area (Å²) in [5, 5.41) is 2.96. The van der Waals surface area contributed by atoms with Gasteiger partial charge in [-0.3, -0.25) is 4.79 Å². The number of carbonyl (C=O) groups excluding carboxylic acids is 1. The van der Waals surface area contributed by atoms with Crippen molar-refractivity contribution in [3.8, 4) is 0 Å². The van der Waals surface area contributed by atoms with E-state index >= 15 is 0 Å². The number of pyridine rings is 1. The van der Waals surface area contributed by atoms with Crippen LogP contribution in [0, 0.1) is 5.92 Å². The van der Waals surface area contributed by atoms with Crippen molar-refractivity contribution >= 4 is 11.7 Å². The molecule has 3 N–H and O–H groups in total. The van der Waals surface area contributed by atoms with Crippen LogP contribution in [0.2, 0.25) is 0 Å². The van der Waals surface area contributed by atoms with Gasteiger partial charge in [0.05, 0.1) is 5.56 Å². The van der Waals surface area contributed by atoms with Gasteiger partial charge < -0.3 is 16.0 Å². The molecule has 0 bridgehead atoms. The van der Waals surface area contributed by atoms with Crippen LogP contribution in [0.4, 0.5) is 5.82 Å². The molecule has 1 aromatic heterocycles. The first kappa shape index (κ1) is 13.8. The Labute approximate surface area is 114 Å². The molecule has 1 amide bonds. The van der Waals surface area contributed by atoms with Gasteiger partial charge in [-0.1, -0.05) is 0 Å². The Morgan fingerprint density at radius 1 is 1.63 bits per heavy atom. The molecule has 1 atom stereocenters. The molecule has 2 rings (SSSR count). The van der Waals surface area contributed by atoms with E-state index in [1.54, 1.807) is 18.3 Å². The summed E-state index contributed by atoms with van der Waals surface area (Å²) in [6.45, 7) is 7.29. The van der Waals surface area contributed by atoms with Gasteiger partial charge in [0.15, 0.2) is 0 Å². The van der Waals surface area contributed by atoms with Gasteiger partial charge in [-0.15, -0.1) is 0 Å². The fourth-order valence-electron chi connectivity index (χ4n) is 2.44. The number of aromatic nitrogens is 1. The van der Waals surface area contributed by atoms with E-state index in [-0.39, 0.29) is 11.7 Å². The first-order valence-electron chi connectivity index (χ1n) is 6.80. The van der Waals surface area contributed by atoms with Crippen LogP contribution >= 0.6 is 0 Å². The Morgan fingerprint density at radius 2 is 2.42 bits per heavy atom. The number of carbonyl (C=O) groups is 1. The number of nitrogens with one attached hydrogen (secondary N) is 1. The second kappa shape index (κ2) is 6.02. The largest absolute Gasteiger partial charge is 0.383 e. The molecule has 0 radical (unpaired) electrons. The number of nitrogens with zero attached hydrogens (tertiary/aromatic N) is 2. The minimum Gasteiger partial charge on any atom is -0.383 e. The topological polar surface area (TPSA) is 71.2 Å². The van der Waals surface area contributed by atoms with Crippen molar-refractivity contribution in [1.82, 2.24) is 15.2 Å². The average molecular weight is 262 g/mol. The number of rotatable bonds is 4. The first-order valence-corrected chi connectivity index (χ1v) is 6.80. The lowest BCUT2D eigenvalue weighted by atomic mass is 10.1. The Kier molecular flexibility index (Phi) is 4.37. The molecule has 5 nitrogen and oxygen atoms in total. The van der Waals surface area contributed by atoms with E-state index < -0.39 is 0 Å². The van der Waals surface area contributed by atoms with Gasteiger partial charge in [0.1, 0.15) is 5.82 Å². The van der Waals surface area contributed by atoms with Crippen molar-refractivity contribution in [2.24, 2.45) is 5.92 Å². The zero-order chi connectivity index (χ0) is 13.8. The average Bonchev–Trinajstić information content (AvgIpc) is 2.85. The first-order chi connectivity index (χ1) is 9.08. The molecule has 1 unspecified atom stereocenters. The number of nitrogen functional groups attached to an aromatic ring is 1. The third kappa shape index (κ3) is 3.44. The molecular weight excluding hydrogens is 240 g/mol. The fourth-order valence-corrected chi connectivity index (χ4v) is 2.44. The molecule has 104 valence electrons. The summed E-state index contributed by atoms with van der Waals surface area (Å²) in [5.41, 5.74) is 6.15. The summed E-state index contributed by atoms with van der Waals surface area (Å²) in [6, 6.07) is 4.00. The van der Waals surface area contributed by atoms with Crippen molar-refractivity contribution in [2.45, 2.75) is 26.3 Å². The summed E-state index contributed by atoms with van der Waals surface area (Å²) in [6.07, 6.45) is 2.73. The summed E-state index contributed by atoms with van der Waals surface area (Å²) in [7, 11) is 0. The van der Waals surface area contributed by atoms with E-state index in [4.69, 9.17) is 5.73 Å². The molecule has 1 aliphatic rings. The highest BCUT2D eigenvalue weighted by Gasteiger charge is 2.24. The number of amides is 1. The molecule has 5 heteroatoms. The molecule has 1 aromatic rings. The van der Waals surface area contributed by atoms with Crippen LogP contribution in [0.5, 0.6) is 0 Å². The molecule has 0 aromatic carbocycles. The van der Waals surface area contributed by atoms with Crippen LogP contribution < -0.4 is 11.1 Å². The molecule has 0 spiro atoms. The Bertz CT molecular complexity index is 447. The van der Waals surface area contributed by atoms with E-state index in [1.165, 1.54) is 0 Å². The van der Waals surface area contributed by atoms with Crippen molar-refractivity contribution in [3.05, 3.63) is 23.9 Å². The van der Waals surface area contributed by atoms with Gasteiger partial charge in [-0.05, 0) is 44.9 Å². The van der Waals surface area contributed by atoms with Crippen LogP contribution in [0.1, 0.15) is 30.6 Å². The molecule has 2 heterocycles. The number of nitrogens with two attached hydrogens (primary N) is 1. The van der Waals surface area contributed by atoms with E-state index in [0.29, 0.717) is 24.1 Å². The van der Waals surface area contributed by atoms with Crippen molar-refractivity contribution in [3.63, 3.8) is 0 Å². The van der Waals surface area contributed by atoms with E-state index in [2.05, 4.69) is 29.0 Å². The summed E-state index contributed by atoms with van der Waals surface area (Å²) in [4.78, 5) is 18.4. The highest BCUT2D eigenvalue weighted by Crippen LogP contribution is 2.17. The van der Waals surface area contributed by atoms with Gasteiger partial charge in [0, 0.05) is 25.3 Å². The quantitative estimate of drug-likeness (QED) is 0.853. The van der Waals surface area contributed by atoms with Gasteiger partial charge in [0.25, 0.3) is 5.91 Å². The van der Waals surface area contributed by atoms with E-state index in [9.17, 15) is 4.79 Å². The lowest BCUT2D eigenvalue weighted by Gasteiger charge is -2.20. The molecule has 0 aliphatic carbocycles. The van der Waals surface area contributed by atoms with Gasteiger partial charge in [-0.2, -0.15) is 0 Å². The van der Waals surface area contributed by atoms with E-state index in [1.807, 2.05) is 0 Å². The Morgan fingerprint density at radius 3 is 3.05 bits per heavy atom. The molecule has 1 aliphatic heterocycles. The third-order valence-electron chi connectivity index (χ3n) is 3.68. The minimum absolute atomic E-state index is 0.131. The van der Waals surface area contributed by atoms with Crippen LogP contribution in [0.25, 0.3) is 0 Å². The summed E-state index contributed by atoms with van der Waals surface area (Å²) >= 11 is 0. The Hall–Kier alpha value is -1.62. The normalized spacial score (nSPS) is 19.8. The molecular formula is C14H22N4O. The second-order valence-electron chi connectivity index (χ2n) is 5.39. The molecule has 1 saturated heterocycles. The zero-order valence-electron chi connectivity index (χ0n) is 11.6. The monoisotopic (exact) mass is 262 g/mol. The minimum atomic E-state index is -0.131. The van der Waals surface area contributed by atoms with Crippen molar-refractivity contribution in [1.29, 1.82) is 0 Å². The molecule has 1 fully saturated rings. The number of hydrogen-bond acceptors (Lipinski definition) is 4. The van der Waals surface area contributed by atoms with Crippen molar-refractivity contribution in [2.75, 3.05) is 25.4 Å². The fraction of sp³-hybridized carbons (Fsp3) is 0.571. The number of anilines is 1. The predicted octanol–water partition coefficient (Wildman–Crippen LogP) is 1.12. The third-order valence-corrected chi connectivity index (χ3v) is 3.68. The van der Waals surface area contributed by atoms with Gasteiger partial charge >= 0.3 is 0 Å². The van der Waals surface area contributed by atoms with Gasteiger partial charge in [0.2, 0.25) is 0 Å². The predicted molar refractivity (Wildman–Crippen MR) is 75.8 cm³/mol. The van der Waals surface area contributed by atoms with Crippen LogP contribution in [0.3, 0.4) is 0 Å². The standard InChI is InChI=1S/C14H22N4O/c1-10(2)18-7-5-11(9-18)8-17-14(19)12-4-3-6-16-13(12)15/h3-4,6,10-11H,5,7-9H2,1-2H3,(H2,15,16)(H,17,19). The second-order valence-corrected chi connectivity index (χ2v) is 5.39. The molecule has 0 saturated carbocycles. The summed E-state index contributed by atoms with van der Waals surface area (Å²) in [5.74, 6) is 0.688. The maximum absolute atomic E-state index is 12.0. The van der Waals surface area contributed by atoms with E-state index in [0.717, 1.165) is 19.5 Å². The summed E-state index contributed by atoms with van der Waals surface area (Å²) < 4.78 is 0. The number of likely N-dealkylation sites (tertiary alicyclic amines) is 1. The maximum Gasteiger partial charge on any atom is 0.255 e. The highest BCUT2D eigenvalue weighted by molar-refractivity contribution is 5.98. The van der Waals surface area contributed by atoms with Crippen LogP contribution in [-0.2, 0) is 0 Å². The molecule has 19 heavy (non-hydrogen) atoms. The lowest BCUT2D eigenvalue weighted by molar-refractivity contribution is 0.0947. The SMILES string of the molecule is CC(C)N1CCC(CNC(=O)c2cccnc2N)C1.